The Morgan fingerprint density at radius 3 is 2.79 bits per heavy atom. The second-order valence-corrected chi connectivity index (χ2v) is 8.99. The largest absolute Gasteiger partial charge is 0.494 e. The van der Waals surface area contributed by atoms with E-state index in [-0.39, 0.29) is 11.7 Å². The van der Waals surface area contributed by atoms with Crippen molar-refractivity contribution in [2.45, 2.75) is 28.6 Å². The van der Waals surface area contributed by atoms with Crippen molar-refractivity contribution in [2.24, 2.45) is 0 Å². The number of nitrogens with zero attached hydrogens (tertiary/aromatic N) is 5. The maximum Gasteiger partial charge on any atom is 0.237 e. The Labute approximate surface area is 177 Å². The summed E-state index contributed by atoms with van der Waals surface area (Å²) in [5.41, 5.74) is 1.72. The van der Waals surface area contributed by atoms with E-state index in [1.165, 1.54) is 11.8 Å². The van der Waals surface area contributed by atoms with Crippen LogP contribution < -0.4 is 9.64 Å². The van der Waals surface area contributed by atoms with E-state index in [9.17, 15) is 4.79 Å². The average molecular weight is 428 g/mol. The number of methoxy groups -OCH3 is 1. The summed E-state index contributed by atoms with van der Waals surface area (Å²) < 4.78 is 7.01. The van der Waals surface area contributed by atoms with Crippen molar-refractivity contribution >= 4 is 35.1 Å². The van der Waals surface area contributed by atoms with Crippen LogP contribution in [-0.2, 0) is 4.79 Å². The summed E-state index contributed by atoms with van der Waals surface area (Å²) in [4.78, 5) is 16.1. The first-order chi connectivity index (χ1) is 14.2. The van der Waals surface area contributed by atoms with Crippen LogP contribution in [0.25, 0.3) is 5.69 Å². The van der Waals surface area contributed by atoms with Crippen LogP contribution in [0.5, 0.6) is 5.75 Å². The third-order valence-electron chi connectivity index (χ3n) is 4.62. The average Bonchev–Trinajstić information content (AvgIpc) is 3.14. The van der Waals surface area contributed by atoms with Crippen LogP contribution in [0.4, 0.5) is 5.69 Å². The van der Waals surface area contributed by atoms with E-state index < -0.39 is 0 Å². The first kappa shape index (κ1) is 19.8. The van der Waals surface area contributed by atoms with Crippen LogP contribution in [0.15, 0.2) is 58.6 Å². The number of ether oxygens (including phenoxy) is 1. The van der Waals surface area contributed by atoms with Gasteiger partial charge >= 0.3 is 0 Å². The number of fused-ring (bicyclic) bond motifs is 1. The van der Waals surface area contributed by atoms with Gasteiger partial charge in [0.05, 0.1) is 18.6 Å². The minimum absolute atomic E-state index is 0.0479. The SMILES string of the molecule is COc1ccccc1-n1nnnc1SCC(=O)N1CC[C@@H](C)Sc2ccccc21. The second-order valence-electron chi connectivity index (χ2n) is 6.56. The van der Waals surface area contributed by atoms with Gasteiger partial charge in [0.15, 0.2) is 0 Å². The van der Waals surface area contributed by atoms with Crippen LogP contribution >= 0.6 is 23.5 Å². The lowest BCUT2D eigenvalue weighted by atomic mass is 10.2. The van der Waals surface area contributed by atoms with Crippen molar-refractivity contribution in [1.82, 2.24) is 20.2 Å². The quantitative estimate of drug-likeness (QED) is 0.575. The molecule has 0 fully saturated rings. The molecule has 0 unspecified atom stereocenters. The molecule has 1 aliphatic heterocycles. The number of benzene rings is 2. The van der Waals surface area contributed by atoms with Crippen molar-refractivity contribution in [3.05, 3.63) is 48.5 Å². The Kier molecular flexibility index (Phi) is 6.05. The molecule has 1 aromatic heterocycles. The molecule has 0 radical (unpaired) electrons. The van der Waals surface area contributed by atoms with E-state index >= 15 is 0 Å². The van der Waals surface area contributed by atoms with E-state index in [0.717, 1.165) is 22.7 Å². The summed E-state index contributed by atoms with van der Waals surface area (Å²) in [6.07, 6.45) is 0.953. The molecule has 7 nitrogen and oxygen atoms in total. The molecule has 3 aromatic rings. The van der Waals surface area contributed by atoms with Crippen molar-refractivity contribution in [2.75, 3.05) is 24.3 Å². The van der Waals surface area contributed by atoms with E-state index in [0.29, 0.717) is 22.7 Å². The number of amides is 1. The maximum atomic E-state index is 13.1. The molecule has 1 aliphatic rings. The van der Waals surface area contributed by atoms with E-state index in [1.54, 1.807) is 11.8 Å². The molecule has 0 N–H and O–H groups in total. The van der Waals surface area contributed by atoms with Gasteiger partial charge in [-0.2, -0.15) is 4.68 Å². The van der Waals surface area contributed by atoms with Gasteiger partial charge < -0.3 is 9.64 Å². The monoisotopic (exact) mass is 427 g/mol. The Bertz CT molecular complexity index is 1010. The van der Waals surface area contributed by atoms with Gasteiger partial charge in [-0.25, -0.2) is 0 Å². The van der Waals surface area contributed by atoms with Gasteiger partial charge in [0, 0.05) is 16.7 Å². The summed E-state index contributed by atoms with van der Waals surface area (Å²) in [5.74, 6) is 0.968. The molecule has 0 aliphatic carbocycles. The van der Waals surface area contributed by atoms with Crippen molar-refractivity contribution < 1.29 is 9.53 Å². The van der Waals surface area contributed by atoms with Gasteiger partial charge in [0.2, 0.25) is 11.1 Å². The fourth-order valence-corrected chi connectivity index (χ4v) is 5.05. The van der Waals surface area contributed by atoms with Crippen LogP contribution in [0, 0.1) is 0 Å². The third kappa shape index (κ3) is 4.25. The highest BCUT2D eigenvalue weighted by Gasteiger charge is 2.25. The number of hydrogen-bond acceptors (Lipinski definition) is 7. The zero-order valence-corrected chi connectivity index (χ0v) is 17.8. The standard InChI is InChI=1S/C20H21N5O2S2/c1-14-11-12-24(16-8-4-6-10-18(16)29-14)19(26)13-28-20-21-22-23-25(20)15-7-3-5-9-17(15)27-2/h3-10,14H,11-13H2,1-2H3/t14-/m1/s1. The molecule has 2 aromatic carbocycles. The van der Waals surface area contributed by atoms with Crippen LogP contribution in [-0.4, -0.2) is 50.8 Å². The number of hydrogen-bond donors (Lipinski definition) is 0. The predicted octanol–water partition coefficient (Wildman–Crippen LogP) is 3.68. The lowest BCUT2D eigenvalue weighted by Crippen LogP contribution is -2.33. The fourth-order valence-electron chi connectivity index (χ4n) is 3.17. The maximum absolute atomic E-state index is 13.1. The summed E-state index contributed by atoms with van der Waals surface area (Å²) in [7, 11) is 1.61. The third-order valence-corrected chi connectivity index (χ3v) is 6.76. The van der Waals surface area contributed by atoms with Gasteiger partial charge in [-0.05, 0) is 41.1 Å². The number of anilines is 1. The molecule has 0 saturated carbocycles. The molecule has 0 bridgehead atoms. The zero-order valence-electron chi connectivity index (χ0n) is 16.2. The highest BCUT2D eigenvalue weighted by Crippen LogP contribution is 2.37. The molecule has 4 rings (SSSR count). The highest BCUT2D eigenvalue weighted by molar-refractivity contribution is 8.00. The molecule has 1 atom stereocenters. The summed E-state index contributed by atoms with van der Waals surface area (Å²) in [5, 5.41) is 13.0. The topological polar surface area (TPSA) is 73.1 Å². The van der Waals surface area contributed by atoms with Crippen molar-refractivity contribution in [3.8, 4) is 11.4 Å². The Morgan fingerprint density at radius 2 is 1.97 bits per heavy atom. The van der Waals surface area contributed by atoms with Crippen molar-refractivity contribution in [3.63, 3.8) is 0 Å². The Balaban J connectivity index is 1.52. The molecule has 150 valence electrons. The molecule has 0 spiro atoms. The minimum atomic E-state index is 0.0479. The fraction of sp³-hybridized carbons (Fsp3) is 0.300. The number of para-hydroxylation sites is 3. The lowest BCUT2D eigenvalue weighted by molar-refractivity contribution is -0.116. The molecule has 1 amide bonds. The lowest BCUT2D eigenvalue weighted by Gasteiger charge is -2.22. The second kappa shape index (κ2) is 8.87. The van der Waals surface area contributed by atoms with Gasteiger partial charge in [0.1, 0.15) is 11.4 Å². The number of aromatic nitrogens is 4. The first-order valence-corrected chi connectivity index (χ1v) is 11.1. The molecular weight excluding hydrogens is 406 g/mol. The molecule has 0 saturated heterocycles. The Morgan fingerprint density at radius 1 is 1.21 bits per heavy atom. The first-order valence-electron chi connectivity index (χ1n) is 9.28. The number of carbonyl (C=O) groups is 1. The summed E-state index contributed by atoms with van der Waals surface area (Å²) in [6, 6.07) is 15.6. The molecular formula is C20H21N5O2S2. The number of tetrazole rings is 1. The highest BCUT2D eigenvalue weighted by atomic mass is 32.2. The Hall–Kier alpha value is -2.52. The minimum Gasteiger partial charge on any atom is -0.494 e. The zero-order chi connectivity index (χ0) is 20.2. The van der Waals surface area contributed by atoms with Gasteiger partial charge in [0.25, 0.3) is 0 Å². The van der Waals surface area contributed by atoms with E-state index in [1.807, 2.05) is 59.1 Å². The normalized spacial score (nSPS) is 16.2. The van der Waals surface area contributed by atoms with Crippen LogP contribution in [0.2, 0.25) is 0 Å². The van der Waals surface area contributed by atoms with E-state index in [2.05, 4.69) is 28.5 Å². The van der Waals surface area contributed by atoms with Crippen molar-refractivity contribution in [1.29, 1.82) is 0 Å². The van der Waals surface area contributed by atoms with E-state index in [4.69, 9.17) is 4.74 Å². The number of rotatable bonds is 5. The number of thioether (sulfide) groups is 2. The smallest absolute Gasteiger partial charge is 0.237 e. The molecule has 2 heterocycles. The van der Waals surface area contributed by atoms with Crippen LogP contribution in [0.1, 0.15) is 13.3 Å². The number of carbonyl (C=O) groups excluding carboxylic acids is 1. The summed E-state index contributed by atoms with van der Waals surface area (Å²) in [6.45, 7) is 2.91. The molecule has 29 heavy (non-hydrogen) atoms. The van der Waals surface area contributed by atoms with Crippen LogP contribution in [0.3, 0.4) is 0 Å². The van der Waals surface area contributed by atoms with Gasteiger partial charge in [-0.15, -0.1) is 16.9 Å². The summed E-state index contributed by atoms with van der Waals surface area (Å²) >= 11 is 3.15. The van der Waals surface area contributed by atoms with Gasteiger partial charge in [-0.1, -0.05) is 43.0 Å². The molecule has 9 heteroatoms. The van der Waals surface area contributed by atoms with Gasteiger partial charge in [-0.3, -0.25) is 4.79 Å². The predicted molar refractivity (Wildman–Crippen MR) is 115 cm³/mol.